The molecule has 1 saturated heterocycles. The quantitative estimate of drug-likeness (QED) is 0.684. The van der Waals surface area contributed by atoms with Gasteiger partial charge in [0.1, 0.15) is 5.82 Å². The van der Waals surface area contributed by atoms with Crippen LogP contribution in [0.3, 0.4) is 0 Å². The first-order valence-electron chi connectivity index (χ1n) is 10.3. The van der Waals surface area contributed by atoms with E-state index < -0.39 is 0 Å². The SMILES string of the molecule is CN(C)CCNC(=O)c1nc([C@@H]2CCCN2C(=O)c2ccccc2)n2ccccc12. The summed E-state index contributed by atoms with van der Waals surface area (Å²) in [6, 6.07) is 14.9. The number of rotatable bonds is 6. The highest BCUT2D eigenvalue weighted by atomic mass is 16.2. The van der Waals surface area contributed by atoms with Gasteiger partial charge < -0.3 is 19.5 Å². The molecule has 7 heteroatoms. The topological polar surface area (TPSA) is 70.0 Å². The molecule has 1 aliphatic heterocycles. The fourth-order valence-electron chi connectivity index (χ4n) is 3.97. The summed E-state index contributed by atoms with van der Waals surface area (Å²) >= 11 is 0. The number of pyridine rings is 1. The molecule has 2 amide bonds. The van der Waals surface area contributed by atoms with Crippen molar-refractivity contribution in [3.05, 3.63) is 71.8 Å². The van der Waals surface area contributed by atoms with Crippen molar-refractivity contribution in [1.82, 2.24) is 24.5 Å². The molecule has 1 aromatic carbocycles. The van der Waals surface area contributed by atoms with Crippen LogP contribution in [-0.4, -0.2) is 64.7 Å². The van der Waals surface area contributed by atoms with E-state index in [2.05, 4.69) is 5.32 Å². The minimum absolute atomic E-state index is 0.00256. The zero-order valence-electron chi connectivity index (χ0n) is 17.4. The van der Waals surface area contributed by atoms with Gasteiger partial charge in [0, 0.05) is 31.4 Å². The first-order valence-corrected chi connectivity index (χ1v) is 10.3. The Kier molecular flexibility index (Phi) is 5.81. The first kappa shape index (κ1) is 20.1. The monoisotopic (exact) mass is 405 g/mol. The molecule has 156 valence electrons. The molecule has 0 bridgehead atoms. The molecule has 3 heterocycles. The molecule has 1 aliphatic rings. The van der Waals surface area contributed by atoms with E-state index in [9.17, 15) is 9.59 Å². The van der Waals surface area contributed by atoms with Crippen LogP contribution in [0.4, 0.5) is 0 Å². The van der Waals surface area contributed by atoms with Crippen molar-refractivity contribution in [1.29, 1.82) is 0 Å². The summed E-state index contributed by atoms with van der Waals surface area (Å²) in [6.07, 6.45) is 3.65. The van der Waals surface area contributed by atoms with E-state index in [1.165, 1.54) is 0 Å². The highest BCUT2D eigenvalue weighted by molar-refractivity contribution is 5.99. The Labute approximate surface area is 176 Å². The van der Waals surface area contributed by atoms with Crippen LogP contribution in [-0.2, 0) is 0 Å². The Balaban J connectivity index is 1.65. The van der Waals surface area contributed by atoms with Gasteiger partial charge in [-0.2, -0.15) is 0 Å². The van der Waals surface area contributed by atoms with Crippen LogP contribution < -0.4 is 5.32 Å². The number of hydrogen-bond acceptors (Lipinski definition) is 4. The number of hydrogen-bond donors (Lipinski definition) is 1. The van der Waals surface area contributed by atoms with Crippen molar-refractivity contribution in [3.63, 3.8) is 0 Å². The van der Waals surface area contributed by atoms with Crippen molar-refractivity contribution in [2.45, 2.75) is 18.9 Å². The Hall–Kier alpha value is -3.19. The molecule has 0 spiro atoms. The lowest BCUT2D eigenvalue weighted by Crippen LogP contribution is -2.32. The number of benzene rings is 1. The molecule has 2 aromatic heterocycles. The maximum absolute atomic E-state index is 13.1. The van der Waals surface area contributed by atoms with Crippen LogP contribution in [0.5, 0.6) is 0 Å². The van der Waals surface area contributed by atoms with Gasteiger partial charge >= 0.3 is 0 Å². The molecule has 0 aliphatic carbocycles. The summed E-state index contributed by atoms with van der Waals surface area (Å²) in [6.45, 7) is 1.99. The second kappa shape index (κ2) is 8.67. The number of likely N-dealkylation sites (N-methyl/N-ethyl adjacent to an activating group) is 1. The Morgan fingerprint density at radius 3 is 2.67 bits per heavy atom. The predicted molar refractivity (Wildman–Crippen MR) is 116 cm³/mol. The van der Waals surface area contributed by atoms with E-state index in [0.29, 0.717) is 24.3 Å². The number of fused-ring (bicyclic) bond motifs is 1. The van der Waals surface area contributed by atoms with E-state index in [1.807, 2.05) is 83.0 Å². The zero-order valence-corrected chi connectivity index (χ0v) is 17.4. The molecule has 0 saturated carbocycles. The van der Waals surface area contributed by atoms with Crippen LogP contribution >= 0.6 is 0 Å². The van der Waals surface area contributed by atoms with Crippen molar-refractivity contribution in [2.24, 2.45) is 0 Å². The van der Waals surface area contributed by atoms with Crippen molar-refractivity contribution in [3.8, 4) is 0 Å². The van der Waals surface area contributed by atoms with Gasteiger partial charge in [-0.15, -0.1) is 0 Å². The Morgan fingerprint density at radius 1 is 1.13 bits per heavy atom. The number of aromatic nitrogens is 2. The largest absolute Gasteiger partial charge is 0.349 e. The number of carbonyl (C=O) groups excluding carboxylic acids is 2. The molecule has 4 rings (SSSR count). The highest BCUT2D eigenvalue weighted by Crippen LogP contribution is 2.33. The molecule has 1 N–H and O–H groups in total. The van der Waals surface area contributed by atoms with E-state index in [1.54, 1.807) is 0 Å². The van der Waals surface area contributed by atoms with Crippen LogP contribution in [0.2, 0.25) is 0 Å². The van der Waals surface area contributed by atoms with E-state index in [4.69, 9.17) is 4.98 Å². The highest BCUT2D eigenvalue weighted by Gasteiger charge is 2.34. The van der Waals surface area contributed by atoms with Gasteiger partial charge in [0.15, 0.2) is 5.69 Å². The molecular formula is C23H27N5O2. The van der Waals surface area contributed by atoms with E-state index in [0.717, 1.165) is 30.7 Å². The lowest BCUT2D eigenvalue weighted by molar-refractivity contribution is 0.0729. The zero-order chi connectivity index (χ0) is 21.1. The third-order valence-electron chi connectivity index (χ3n) is 5.47. The number of nitrogens with one attached hydrogen (secondary N) is 1. The molecule has 7 nitrogen and oxygen atoms in total. The molecule has 0 unspecified atom stereocenters. The predicted octanol–water partition coefficient (Wildman–Crippen LogP) is 2.60. The fraction of sp³-hybridized carbons (Fsp3) is 0.348. The number of nitrogens with zero attached hydrogens (tertiary/aromatic N) is 4. The Morgan fingerprint density at radius 2 is 1.90 bits per heavy atom. The summed E-state index contributed by atoms with van der Waals surface area (Å²) in [5.74, 6) is 0.554. The fourth-order valence-corrected chi connectivity index (χ4v) is 3.97. The number of carbonyl (C=O) groups is 2. The van der Waals surface area contributed by atoms with Gasteiger partial charge in [-0.1, -0.05) is 24.3 Å². The maximum Gasteiger partial charge on any atom is 0.272 e. The van der Waals surface area contributed by atoms with Gasteiger partial charge in [0.25, 0.3) is 11.8 Å². The Bertz CT molecular complexity index is 1040. The summed E-state index contributed by atoms with van der Waals surface area (Å²) < 4.78 is 1.95. The molecule has 1 atom stereocenters. The molecule has 3 aromatic rings. The van der Waals surface area contributed by atoms with Gasteiger partial charge in [0.2, 0.25) is 0 Å². The number of imidazole rings is 1. The summed E-state index contributed by atoms with van der Waals surface area (Å²) in [5.41, 5.74) is 1.84. The van der Waals surface area contributed by atoms with Gasteiger partial charge in [-0.05, 0) is 51.2 Å². The van der Waals surface area contributed by atoms with Crippen LogP contribution in [0.25, 0.3) is 5.52 Å². The first-order chi connectivity index (χ1) is 14.6. The maximum atomic E-state index is 13.1. The van der Waals surface area contributed by atoms with E-state index >= 15 is 0 Å². The van der Waals surface area contributed by atoms with Crippen LogP contribution in [0, 0.1) is 0 Å². The standard InChI is InChI=1S/C23H27N5O2/c1-26(2)16-13-24-22(29)20-18-11-6-7-14-27(18)21(25-20)19-12-8-15-28(19)23(30)17-9-4-3-5-10-17/h3-7,9-11,14,19H,8,12-13,15-16H2,1-2H3,(H,24,29)/t19-/m0/s1. The average molecular weight is 406 g/mol. The normalized spacial score (nSPS) is 16.4. The third kappa shape index (κ3) is 3.93. The van der Waals surface area contributed by atoms with Crippen molar-refractivity contribution >= 4 is 17.3 Å². The van der Waals surface area contributed by atoms with Crippen LogP contribution in [0.1, 0.15) is 45.6 Å². The second-order valence-corrected chi connectivity index (χ2v) is 7.86. The third-order valence-corrected chi connectivity index (χ3v) is 5.47. The summed E-state index contributed by atoms with van der Waals surface area (Å²) in [7, 11) is 3.93. The van der Waals surface area contributed by atoms with Crippen LogP contribution in [0.15, 0.2) is 54.7 Å². The van der Waals surface area contributed by atoms with Crippen molar-refractivity contribution < 1.29 is 9.59 Å². The molecule has 30 heavy (non-hydrogen) atoms. The lowest BCUT2D eigenvalue weighted by atomic mass is 10.1. The smallest absolute Gasteiger partial charge is 0.272 e. The van der Waals surface area contributed by atoms with Gasteiger partial charge in [-0.25, -0.2) is 4.98 Å². The molecule has 0 radical (unpaired) electrons. The molecular weight excluding hydrogens is 378 g/mol. The number of amides is 2. The van der Waals surface area contributed by atoms with E-state index in [-0.39, 0.29) is 17.9 Å². The van der Waals surface area contributed by atoms with Gasteiger partial charge in [0.05, 0.1) is 11.6 Å². The minimum atomic E-state index is -0.189. The van der Waals surface area contributed by atoms with Gasteiger partial charge in [-0.3, -0.25) is 9.59 Å². The summed E-state index contributed by atoms with van der Waals surface area (Å²) in [5, 5.41) is 2.95. The minimum Gasteiger partial charge on any atom is -0.349 e. The summed E-state index contributed by atoms with van der Waals surface area (Å²) in [4.78, 5) is 34.6. The number of likely N-dealkylation sites (tertiary alicyclic amines) is 1. The molecule has 1 fully saturated rings. The average Bonchev–Trinajstić information content (AvgIpc) is 3.38. The van der Waals surface area contributed by atoms with Crippen molar-refractivity contribution in [2.75, 3.05) is 33.7 Å². The second-order valence-electron chi connectivity index (χ2n) is 7.86. The lowest BCUT2D eigenvalue weighted by Gasteiger charge is -2.24.